The number of methoxy groups -OCH3 is 1. The van der Waals surface area contributed by atoms with E-state index in [1.807, 2.05) is 6.92 Å². The molecular weight excluding hydrogens is 320 g/mol. The fraction of sp³-hybridized carbons (Fsp3) is 0.421. The summed E-state index contributed by atoms with van der Waals surface area (Å²) in [5, 5.41) is 2.68. The van der Waals surface area contributed by atoms with E-state index in [0.29, 0.717) is 11.5 Å². The molecule has 0 atom stereocenters. The predicted octanol–water partition coefficient (Wildman–Crippen LogP) is 3.23. The number of nitrogens with one attached hydrogen (secondary N) is 1. The van der Waals surface area contributed by atoms with E-state index in [-0.39, 0.29) is 23.4 Å². The fourth-order valence-corrected chi connectivity index (χ4v) is 3.25. The molecule has 0 radical (unpaired) electrons. The molecular formula is C19H22N2O4. The third-order valence-electron chi connectivity index (χ3n) is 4.92. The Labute approximate surface area is 146 Å². The molecule has 25 heavy (non-hydrogen) atoms. The summed E-state index contributed by atoms with van der Waals surface area (Å²) in [6.45, 7) is 2.00. The van der Waals surface area contributed by atoms with Crippen molar-refractivity contribution >= 4 is 11.7 Å². The Balaban J connectivity index is 1.69. The number of carbonyl (C=O) groups is 2. The Morgan fingerprint density at radius 1 is 1.24 bits per heavy atom. The van der Waals surface area contributed by atoms with E-state index in [4.69, 9.17) is 9.15 Å². The quantitative estimate of drug-likeness (QED) is 0.871. The number of amides is 1. The van der Waals surface area contributed by atoms with E-state index >= 15 is 0 Å². The zero-order chi connectivity index (χ0) is 17.9. The lowest BCUT2D eigenvalue weighted by Gasteiger charge is -2.21. The minimum atomic E-state index is -0.408. The van der Waals surface area contributed by atoms with Gasteiger partial charge in [-0.25, -0.2) is 4.98 Å². The molecule has 6 heteroatoms. The zero-order valence-electron chi connectivity index (χ0n) is 14.5. The van der Waals surface area contributed by atoms with Gasteiger partial charge in [0.2, 0.25) is 0 Å². The maximum absolute atomic E-state index is 12.4. The lowest BCUT2D eigenvalue weighted by molar-refractivity contribution is -0.126. The smallest absolute Gasteiger partial charge is 0.274 e. The molecule has 0 saturated heterocycles. The van der Waals surface area contributed by atoms with Crippen LogP contribution in [0.15, 0.2) is 35.1 Å². The number of nitrogens with zero attached hydrogens (tertiary/aromatic N) is 1. The van der Waals surface area contributed by atoms with Crippen molar-refractivity contribution in [2.45, 2.75) is 32.6 Å². The maximum Gasteiger partial charge on any atom is 0.274 e. The van der Waals surface area contributed by atoms with Crippen molar-refractivity contribution in [3.05, 3.63) is 36.4 Å². The normalized spacial score (nSPS) is 15.8. The molecule has 3 rings (SSSR count). The molecule has 1 heterocycles. The van der Waals surface area contributed by atoms with E-state index in [1.54, 1.807) is 31.4 Å². The van der Waals surface area contributed by atoms with Crippen molar-refractivity contribution in [3.8, 4) is 17.1 Å². The second-order valence-electron chi connectivity index (χ2n) is 6.63. The first-order chi connectivity index (χ1) is 12.0. The van der Waals surface area contributed by atoms with Gasteiger partial charge in [0.25, 0.3) is 5.91 Å². The van der Waals surface area contributed by atoms with Crippen LogP contribution in [0, 0.1) is 5.41 Å². The number of hydrogen-bond donors (Lipinski definition) is 1. The van der Waals surface area contributed by atoms with Crippen LogP contribution in [0.3, 0.4) is 0 Å². The largest absolute Gasteiger partial charge is 0.497 e. The number of Topliss-reactive ketones (excluding diaryl/α,β-unsaturated/α-hetero) is 1. The van der Waals surface area contributed by atoms with Crippen LogP contribution in [0.1, 0.15) is 43.1 Å². The fourth-order valence-electron chi connectivity index (χ4n) is 3.25. The number of ether oxygens (including phenoxy) is 1. The maximum atomic E-state index is 12.4. The summed E-state index contributed by atoms with van der Waals surface area (Å²) in [6, 6.07) is 7.15. The van der Waals surface area contributed by atoms with Gasteiger partial charge in [-0.1, -0.05) is 19.8 Å². The topological polar surface area (TPSA) is 81.4 Å². The molecule has 0 spiro atoms. The second-order valence-corrected chi connectivity index (χ2v) is 6.63. The molecule has 0 aliphatic heterocycles. The van der Waals surface area contributed by atoms with E-state index in [9.17, 15) is 9.59 Å². The van der Waals surface area contributed by atoms with Crippen LogP contribution in [-0.2, 0) is 4.79 Å². The minimum absolute atomic E-state index is 0.0181. The summed E-state index contributed by atoms with van der Waals surface area (Å²) in [5.74, 6) is 0.756. The minimum Gasteiger partial charge on any atom is -0.497 e. The van der Waals surface area contributed by atoms with Gasteiger partial charge in [0.15, 0.2) is 23.6 Å². The second kappa shape index (κ2) is 7.09. The van der Waals surface area contributed by atoms with E-state index in [0.717, 1.165) is 31.2 Å². The third kappa shape index (κ3) is 3.57. The number of aromatic nitrogens is 1. The average molecular weight is 342 g/mol. The standard InChI is InChI=1S/C19H22N2O4/c1-19(9-3-4-10-19)15(22)11-20-18(23)16-17(25-12-21-16)13-5-7-14(24-2)8-6-13/h5-8,12H,3-4,9-11H2,1-2H3,(H,20,23). The SMILES string of the molecule is COc1ccc(-c2ocnc2C(=O)NCC(=O)C2(C)CCCC2)cc1. The highest BCUT2D eigenvalue weighted by molar-refractivity contribution is 6.00. The van der Waals surface area contributed by atoms with Gasteiger partial charge < -0.3 is 14.5 Å². The van der Waals surface area contributed by atoms with Crippen molar-refractivity contribution in [1.29, 1.82) is 0 Å². The summed E-state index contributed by atoms with van der Waals surface area (Å²) in [6.07, 6.45) is 5.16. The van der Waals surface area contributed by atoms with E-state index < -0.39 is 5.91 Å². The number of benzene rings is 1. The van der Waals surface area contributed by atoms with Crippen molar-refractivity contribution in [2.24, 2.45) is 5.41 Å². The molecule has 1 saturated carbocycles. The van der Waals surface area contributed by atoms with Crippen LogP contribution < -0.4 is 10.1 Å². The zero-order valence-corrected chi connectivity index (χ0v) is 14.5. The molecule has 0 unspecified atom stereocenters. The Hall–Kier alpha value is -2.63. The summed E-state index contributed by atoms with van der Waals surface area (Å²) in [7, 11) is 1.59. The lowest BCUT2D eigenvalue weighted by atomic mass is 9.84. The number of carbonyl (C=O) groups excluding carboxylic acids is 2. The molecule has 1 aromatic carbocycles. The van der Waals surface area contributed by atoms with Gasteiger partial charge in [0, 0.05) is 11.0 Å². The van der Waals surface area contributed by atoms with Gasteiger partial charge in [-0.15, -0.1) is 0 Å². The Morgan fingerprint density at radius 3 is 2.56 bits per heavy atom. The van der Waals surface area contributed by atoms with Gasteiger partial charge in [0.05, 0.1) is 13.7 Å². The Kier molecular flexibility index (Phi) is 4.88. The summed E-state index contributed by atoms with van der Waals surface area (Å²) in [5.41, 5.74) is 0.586. The molecule has 1 fully saturated rings. The Morgan fingerprint density at radius 2 is 1.92 bits per heavy atom. The first-order valence-corrected chi connectivity index (χ1v) is 8.43. The molecule has 1 amide bonds. The first kappa shape index (κ1) is 17.2. The summed E-state index contributed by atoms with van der Waals surface area (Å²) in [4.78, 5) is 28.8. The molecule has 132 valence electrons. The van der Waals surface area contributed by atoms with Gasteiger partial charge in [0.1, 0.15) is 5.75 Å². The highest BCUT2D eigenvalue weighted by Crippen LogP contribution is 2.38. The van der Waals surface area contributed by atoms with Crippen LogP contribution in [0.2, 0.25) is 0 Å². The van der Waals surface area contributed by atoms with Crippen LogP contribution in [0.4, 0.5) is 0 Å². The van der Waals surface area contributed by atoms with E-state index in [2.05, 4.69) is 10.3 Å². The summed E-state index contributed by atoms with van der Waals surface area (Å²) < 4.78 is 10.5. The molecule has 1 aromatic heterocycles. The molecule has 0 bridgehead atoms. The average Bonchev–Trinajstić information content (AvgIpc) is 3.29. The monoisotopic (exact) mass is 342 g/mol. The highest BCUT2D eigenvalue weighted by Gasteiger charge is 2.35. The van der Waals surface area contributed by atoms with Crippen molar-refractivity contribution in [3.63, 3.8) is 0 Å². The van der Waals surface area contributed by atoms with Gasteiger partial charge in [-0.3, -0.25) is 9.59 Å². The van der Waals surface area contributed by atoms with Crippen molar-refractivity contribution in [2.75, 3.05) is 13.7 Å². The number of hydrogen-bond acceptors (Lipinski definition) is 5. The van der Waals surface area contributed by atoms with E-state index in [1.165, 1.54) is 6.39 Å². The van der Waals surface area contributed by atoms with Crippen molar-refractivity contribution in [1.82, 2.24) is 10.3 Å². The van der Waals surface area contributed by atoms with Crippen LogP contribution in [0.25, 0.3) is 11.3 Å². The van der Waals surface area contributed by atoms with Crippen LogP contribution in [-0.4, -0.2) is 30.3 Å². The summed E-state index contributed by atoms with van der Waals surface area (Å²) >= 11 is 0. The first-order valence-electron chi connectivity index (χ1n) is 8.43. The molecule has 6 nitrogen and oxygen atoms in total. The molecule has 1 aliphatic rings. The third-order valence-corrected chi connectivity index (χ3v) is 4.92. The lowest BCUT2D eigenvalue weighted by Crippen LogP contribution is -2.37. The number of rotatable bonds is 6. The van der Waals surface area contributed by atoms with Crippen molar-refractivity contribution < 1.29 is 18.7 Å². The van der Waals surface area contributed by atoms with Crippen LogP contribution in [0.5, 0.6) is 5.75 Å². The molecule has 1 aliphatic carbocycles. The molecule has 2 aromatic rings. The number of ketones is 1. The number of oxazole rings is 1. The van der Waals surface area contributed by atoms with Crippen LogP contribution >= 0.6 is 0 Å². The molecule has 1 N–H and O–H groups in total. The highest BCUT2D eigenvalue weighted by atomic mass is 16.5. The predicted molar refractivity (Wildman–Crippen MR) is 92.4 cm³/mol. The Bertz CT molecular complexity index is 758. The van der Waals surface area contributed by atoms with Gasteiger partial charge in [-0.05, 0) is 37.1 Å². The van der Waals surface area contributed by atoms with Gasteiger partial charge in [-0.2, -0.15) is 0 Å². The van der Waals surface area contributed by atoms with Gasteiger partial charge >= 0.3 is 0 Å².